The summed E-state index contributed by atoms with van der Waals surface area (Å²) in [4.78, 5) is 16.3. The minimum atomic E-state index is -0.292. The van der Waals surface area contributed by atoms with Crippen molar-refractivity contribution in [2.24, 2.45) is 7.05 Å². The highest BCUT2D eigenvalue weighted by Crippen LogP contribution is 2.33. The van der Waals surface area contributed by atoms with Gasteiger partial charge in [-0.1, -0.05) is 24.3 Å². The number of hydrogen-bond donors (Lipinski definition) is 0. The topological polar surface area (TPSA) is 62.0 Å². The van der Waals surface area contributed by atoms with Gasteiger partial charge in [0.05, 0.1) is 18.5 Å². The molecule has 5 heteroatoms. The number of rotatable bonds is 1. The van der Waals surface area contributed by atoms with Crippen LogP contribution < -0.4 is 9.51 Å². The number of Topliss-reactive ketones (excluding diaryl/α,β-unsaturated/α-hetero) is 1. The first-order valence-corrected chi connectivity index (χ1v) is 7.27. The summed E-state index contributed by atoms with van der Waals surface area (Å²) in [5.74, 6) is -0.514. The van der Waals surface area contributed by atoms with E-state index >= 15 is 0 Å². The first kappa shape index (κ1) is 13.0. The highest BCUT2D eigenvalue weighted by atomic mass is 16.3. The molecule has 22 heavy (non-hydrogen) atoms. The zero-order valence-corrected chi connectivity index (χ0v) is 12.5. The molecule has 5 nitrogen and oxygen atoms in total. The molecule has 3 aromatic rings. The molecular formula is C17H15N3O2. The summed E-state index contributed by atoms with van der Waals surface area (Å²) in [6, 6.07) is 8.20. The number of aromatic nitrogens is 3. The molecule has 1 aliphatic carbocycles. The lowest BCUT2D eigenvalue weighted by Crippen LogP contribution is -2.28. The second-order valence-electron chi connectivity index (χ2n) is 5.69. The van der Waals surface area contributed by atoms with Crippen LogP contribution in [-0.2, 0) is 19.9 Å². The first-order valence-electron chi connectivity index (χ1n) is 7.27. The largest absolute Gasteiger partial charge is 0.846 e. The third-order valence-electron chi connectivity index (χ3n) is 4.41. The molecule has 2 heterocycles. The molecule has 0 aliphatic heterocycles. The van der Waals surface area contributed by atoms with E-state index in [9.17, 15) is 9.90 Å². The van der Waals surface area contributed by atoms with Crippen molar-refractivity contribution in [2.45, 2.75) is 19.8 Å². The van der Waals surface area contributed by atoms with Crippen LogP contribution in [0.15, 0.2) is 30.6 Å². The fraction of sp³-hybridized carbons (Fsp3) is 0.235. The van der Waals surface area contributed by atoms with E-state index in [0.717, 1.165) is 35.3 Å². The van der Waals surface area contributed by atoms with E-state index < -0.39 is 0 Å². The van der Waals surface area contributed by atoms with Gasteiger partial charge in [0.25, 0.3) is 0 Å². The maximum Gasteiger partial charge on any atom is 0.239 e. The van der Waals surface area contributed by atoms with Crippen LogP contribution in [0.3, 0.4) is 0 Å². The minimum absolute atomic E-state index is 0.203. The fourth-order valence-corrected chi connectivity index (χ4v) is 3.45. The van der Waals surface area contributed by atoms with Gasteiger partial charge in [-0.25, -0.2) is 4.40 Å². The van der Waals surface area contributed by atoms with Crippen LogP contribution in [0.2, 0.25) is 0 Å². The van der Waals surface area contributed by atoms with Crippen LogP contribution in [0.4, 0.5) is 0 Å². The summed E-state index contributed by atoms with van der Waals surface area (Å²) < 4.78 is 3.20. The molecule has 2 aromatic heterocycles. The SMILES string of the molecule is CC(=O)c1c([O-])[n+]2cnc3c(c2n1C)CCc1ccccc1-3. The predicted octanol–water partition coefficient (Wildman–Crippen LogP) is 1.20. The molecule has 0 saturated carbocycles. The van der Waals surface area contributed by atoms with Crippen LogP contribution in [0.25, 0.3) is 16.9 Å². The smallest absolute Gasteiger partial charge is 0.239 e. The zero-order valence-electron chi connectivity index (χ0n) is 12.5. The number of imidazole rings is 1. The summed E-state index contributed by atoms with van der Waals surface area (Å²) in [6.45, 7) is 1.42. The Morgan fingerprint density at radius 2 is 2.09 bits per heavy atom. The summed E-state index contributed by atoms with van der Waals surface area (Å²) in [6.07, 6.45) is 3.27. The Hall–Kier alpha value is -2.69. The molecule has 1 aliphatic rings. The van der Waals surface area contributed by atoms with Crippen LogP contribution in [0, 0.1) is 0 Å². The van der Waals surface area contributed by atoms with E-state index in [2.05, 4.69) is 17.1 Å². The lowest BCUT2D eigenvalue weighted by atomic mass is 9.89. The van der Waals surface area contributed by atoms with Crippen molar-refractivity contribution in [3.8, 4) is 17.1 Å². The van der Waals surface area contributed by atoms with Crippen molar-refractivity contribution >= 4 is 11.4 Å². The van der Waals surface area contributed by atoms with E-state index in [1.807, 2.05) is 12.1 Å². The van der Waals surface area contributed by atoms with Crippen LogP contribution in [0.5, 0.6) is 5.88 Å². The van der Waals surface area contributed by atoms with Gasteiger partial charge in [0, 0.05) is 12.5 Å². The summed E-state index contributed by atoms with van der Waals surface area (Å²) in [5, 5.41) is 12.4. The van der Waals surface area contributed by atoms with E-state index in [1.54, 1.807) is 11.6 Å². The molecule has 0 spiro atoms. The predicted molar refractivity (Wildman–Crippen MR) is 78.7 cm³/mol. The molecule has 0 N–H and O–H groups in total. The Morgan fingerprint density at radius 3 is 2.86 bits per heavy atom. The minimum Gasteiger partial charge on any atom is -0.846 e. The number of benzene rings is 1. The van der Waals surface area contributed by atoms with E-state index in [4.69, 9.17) is 0 Å². The number of aryl methyl sites for hydroxylation is 3. The molecule has 0 unspecified atom stereocenters. The first-order chi connectivity index (χ1) is 10.6. The normalized spacial score (nSPS) is 13.0. The van der Waals surface area contributed by atoms with Crippen LogP contribution in [-0.4, -0.2) is 15.3 Å². The Bertz CT molecular complexity index is 941. The van der Waals surface area contributed by atoms with E-state index in [0.29, 0.717) is 0 Å². The van der Waals surface area contributed by atoms with Crippen molar-refractivity contribution in [3.05, 3.63) is 47.4 Å². The van der Waals surface area contributed by atoms with Gasteiger partial charge in [-0.2, -0.15) is 0 Å². The fourth-order valence-electron chi connectivity index (χ4n) is 3.45. The molecule has 0 saturated heterocycles. The third-order valence-corrected chi connectivity index (χ3v) is 4.41. The standard InChI is InChI=1S/C17H15N3O2/c1-10(21)15-17(22)20-9-18-14-12-6-4-3-5-11(12)7-8-13(14)16(20)19(15)2/h3-6,9H,7-8H2,1-2H3. The van der Waals surface area contributed by atoms with Gasteiger partial charge >= 0.3 is 0 Å². The van der Waals surface area contributed by atoms with Gasteiger partial charge in [0.2, 0.25) is 12.0 Å². The Labute approximate surface area is 127 Å². The number of nitrogens with zero attached hydrogens (tertiary/aromatic N) is 3. The second kappa shape index (κ2) is 4.40. The Morgan fingerprint density at radius 1 is 1.32 bits per heavy atom. The van der Waals surface area contributed by atoms with Gasteiger partial charge in [0.15, 0.2) is 17.2 Å². The van der Waals surface area contributed by atoms with Gasteiger partial charge in [-0.3, -0.25) is 9.36 Å². The molecule has 0 amide bonds. The molecule has 0 fully saturated rings. The number of ketones is 1. The van der Waals surface area contributed by atoms with Gasteiger partial charge in [-0.05, 0) is 18.4 Å². The molecule has 0 bridgehead atoms. The molecule has 1 aromatic carbocycles. The maximum absolute atomic E-state index is 12.4. The highest BCUT2D eigenvalue weighted by molar-refractivity contribution is 5.95. The van der Waals surface area contributed by atoms with E-state index in [1.165, 1.54) is 23.2 Å². The van der Waals surface area contributed by atoms with Gasteiger partial charge in [-0.15, -0.1) is 4.98 Å². The third kappa shape index (κ3) is 1.56. The van der Waals surface area contributed by atoms with Crippen LogP contribution >= 0.6 is 0 Å². The van der Waals surface area contributed by atoms with Crippen molar-refractivity contribution in [1.82, 2.24) is 9.55 Å². The highest BCUT2D eigenvalue weighted by Gasteiger charge is 2.28. The molecular weight excluding hydrogens is 278 g/mol. The second-order valence-corrected chi connectivity index (χ2v) is 5.69. The average Bonchev–Trinajstić information content (AvgIpc) is 2.78. The molecule has 0 radical (unpaired) electrons. The Kier molecular flexibility index (Phi) is 2.60. The maximum atomic E-state index is 12.4. The summed E-state index contributed by atoms with van der Waals surface area (Å²) in [7, 11) is 1.77. The lowest BCUT2D eigenvalue weighted by molar-refractivity contribution is -0.585. The number of fused-ring (bicyclic) bond motifs is 5. The summed E-state index contributed by atoms with van der Waals surface area (Å²) >= 11 is 0. The average molecular weight is 293 g/mol. The van der Waals surface area contributed by atoms with Crippen molar-refractivity contribution in [3.63, 3.8) is 0 Å². The molecule has 110 valence electrons. The number of carbonyl (C=O) groups is 1. The number of hydrogen-bond acceptors (Lipinski definition) is 3. The van der Waals surface area contributed by atoms with Crippen LogP contribution in [0.1, 0.15) is 28.5 Å². The molecule has 4 rings (SSSR count). The quantitative estimate of drug-likeness (QED) is 0.500. The molecule has 0 atom stereocenters. The lowest BCUT2D eigenvalue weighted by Gasteiger charge is -2.16. The Balaban J connectivity index is 2.11. The number of carbonyl (C=O) groups excluding carboxylic acids is 1. The van der Waals surface area contributed by atoms with Crippen molar-refractivity contribution in [2.75, 3.05) is 0 Å². The summed E-state index contributed by atoms with van der Waals surface area (Å²) in [5.41, 5.74) is 5.31. The van der Waals surface area contributed by atoms with Crippen molar-refractivity contribution < 1.29 is 14.3 Å². The van der Waals surface area contributed by atoms with Gasteiger partial charge < -0.3 is 5.11 Å². The zero-order chi connectivity index (χ0) is 15.4. The monoisotopic (exact) mass is 293 g/mol. The van der Waals surface area contributed by atoms with E-state index in [-0.39, 0.29) is 17.4 Å². The van der Waals surface area contributed by atoms with Gasteiger partial charge in [0.1, 0.15) is 0 Å². The van der Waals surface area contributed by atoms with Crippen molar-refractivity contribution in [1.29, 1.82) is 0 Å².